The second-order valence-electron chi connectivity index (χ2n) is 3.35. The van der Waals surface area contributed by atoms with Gasteiger partial charge in [0, 0.05) is 25.8 Å². The van der Waals surface area contributed by atoms with Crippen LogP contribution in [0.25, 0.3) is 0 Å². The predicted molar refractivity (Wildman–Crippen MR) is 56.6 cm³/mol. The molecule has 0 atom stereocenters. The van der Waals surface area contributed by atoms with Crippen LogP contribution in [0.4, 0.5) is 17.1 Å². The molecule has 0 bridgehead atoms. The van der Waals surface area contributed by atoms with Crippen molar-refractivity contribution >= 4 is 17.1 Å². The van der Waals surface area contributed by atoms with Crippen LogP contribution in [-0.4, -0.2) is 19.0 Å². The number of nitrogen functional groups attached to an aromatic ring is 1. The quantitative estimate of drug-likeness (QED) is 0.441. The average Bonchev–Trinajstić information content (AvgIpc) is 2.08. The van der Waals surface area contributed by atoms with Gasteiger partial charge in [-0.3, -0.25) is 10.1 Å². The molecular weight excluding hydrogens is 182 g/mol. The number of rotatable bonds is 2. The van der Waals surface area contributed by atoms with Gasteiger partial charge < -0.3 is 10.6 Å². The Bertz CT molecular complexity index is 375. The fourth-order valence-corrected chi connectivity index (χ4v) is 1.17. The van der Waals surface area contributed by atoms with E-state index < -0.39 is 4.92 Å². The molecule has 0 saturated heterocycles. The van der Waals surface area contributed by atoms with E-state index in [2.05, 4.69) is 0 Å². The second-order valence-corrected chi connectivity index (χ2v) is 3.35. The third kappa shape index (κ3) is 1.76. The van der Waals surface area contributed by atoms with Crippen molar-refractivity contribution in [2.75, 3.05) is 24.7 Å². The zero-order valence-electron chi connectivity index (χ0n) is 8.44. The van der Waals surface area contributed by atoms with Crippen molar-refractivity contribution in [1.82, 2.24) is 0 Å². The predicted octanol–water partition coefficient (Wildman–Crippen LogP) is 1.55. The van der Waals surface area contributed by atoms with E-state index in [1.807, 2.05) is 20.2 Å². The SMILES string of the molecule is Cc1cc(N(C)C)cc([N+](=O)[O-])c1N. The summed E-state index contributed by atoms with van der Waals surface area (Å²) >= 11 is 0. The first-order valence-electron chi connectivity index (χ1n) is 4.15. The number of nitrogens with two attached hydrogens (primary N) is 1. The highest BCUT2D eigenvalue weighted by Crippen LogP contribution is 2.29. The molecule has 14 heavy (non-hydrogen) atoms. The van der Waals surface area contributed by atoms with Crippen molar-refractivity contribution in [1.29, 1.82) is 0 Å². The highest BCUT2D eigenvalue weighted by Gasteiger charge is 2.15. The Morgan fingerprint density at radius 2 is 2.00 bits per heavy atom. The highest BCUT2D eigenvalue weighted by molar-refractivity contribution is 5.70. The van der Waals surface area contributed by atoms with Crippen LogP contribution in [0.3, 0.4) is 0 Å². The van der Waals surface area contributed by atoms with Crippen LogP contribution >= 0.6 is 0 Å². The lowest BCUT2D eigenvalue weighted by Crippen LogP contribution is -2.10. The molecular formula is C9H13N3O2. The Morgan fingerprint density at radius 3 is 2.43 bits per heavy atom. The van der Waals surface area contributed by atoms with Crippen molar-refractivity contribution in [3.63, 3.8) is 0 Å². The standard InChI is InChI=1S/C9H13N3O2/c1-6-4-7(11(2)3)5-8(9(6)10)12(13)14/h4-5H,10H2,1-3H3. The van der Waals surface area contributed by atoms with Gasteiger partial charge in [-0.15, -0.1) is 0 Å². The number of benzene rings is 1. The Kier molecular flexibility index (Phi) is 2.60. The minimum atomic E-state index is -0.463. The first-order chi connectivity index (χ1) is 6.43. The molecule has 0 aliphatic rings. The average molecular weight is 195 g/mol. The molecule has 0 aromatic heterocycles. The smallest absolute Gasteiger partial charge is 0.294 e. The summed E-state index contributed by atoms with van der Waals surface area (Å²) in [6, 6.07) is 3.30. The zero-order valence-corrected chi connectivity index (χ0v) is 8.44. The maximum absolute atomic E-state index is 10.7. The van der Waals surface area contributed by atoms with Crippen LogP contribution in [0.15, 0.2) is 12.1 Å². The van der Waals surface area contributed by atoms with Gasteiger partial charge in [0.2, 0.25) is 0 Å². The van der Waals surface area contributed by atoms with Crippen molar-refractivity contribution in [2.24, 2.45) is 0 Å². The molecule has 0 aliphatic carbocycles. The fourth-order valence-electron chi connectivity index (χ4n) is 1.17. The molecule has 0 saturated carbocycles. The summed E-state index contributed by atoms with van der Waals surface area (Å²) in [7, 11) is 3.66. The maximum Gasteiger partial charge on any atom is 0.294 e. The van der Waals surface area contributed by atoms with Crippen LogP contribution < -0.4 is 10.6 Å². The molecule has 0 aliphatic heterocycles. The van der Waals surface area contributed by atoms with E-state index in [0.29, 0.717) is 0 Å². The van der Waals surface area contributed by atoms with Gasteiger partial charge >= 0.3 is 0 Å². The Morgan fingerprint density at radius 1 is 1.43 bits per heavy atom. The summed E-state index contributed by atoms with van der Waals surface area (Å²) in [4.78, 5) is 12.0. The molecule has 0 spiro atoms. The lowest BCUT2D eigenvalue weighted by atomic mass is 10.1. The summed E-state index contributed by atoms with van der Waals surface area (Å²) in [6.45, 7) is 1.76. The van der Waals surface area contributed by atoms with Crippen LogP contribution in [0.2, 0.25) is 0 Å². The summed E-state index contributed by atoms with van der Waals surface area (Å²) in [5.41, 5.74) is 7.30. The fraction of sp³-hybridized carbons (Fsp3) is 0.333. The normalized spacial score (nSPS) is 9.93. The number of anilines is 2. The third-order valence-electron chi connectivity index (χ3n) is 2.06. The van der Waals surface area contributed by atoms with Crippen LogP contribution in [0, 0.1) is 17.0 Å². The zero-order chi connectivity index (χ0) is 10.9. The molecule has 1 aromatic carbocycles. The van der Waals surface area contributed by atoms with Crippen molar-refractivity contribution in [2.45, 2.75) is 6.92 Å². The van der Waals surface area contributed by atoms with E-state index >= 15 is 0 Å². The number of hydrogen-bond acceptors (Lipinski definition) is 4. The summed E-state index contributed by atoms with van der Waals surface area (Å²) < 4.78 is 0. The summed E-state index contributed by atoms with van der Waals surface area (Å²) in [5, 5.41) is 10.7. The number of hydrogen-bond donors (Lipinski definition) is 1. The van der Waals surface area contributed by atoms with Gasteiger partial charge in [-0.1, -0.05) is 0 Å². The molecule has 76 valence electrons. The van der Waals surface area contributed by atoms with Crippen molar-refractivity contribution in [3.8, 4) is 0 Å². The van der Waals surface area contributed by atoms with E-state index in [0.717, 1.165) is 11.3 Å². The van der Waals surface area contributed by atoms with Crippen molar-refractivity contribution in [3.05, 3.63) is 27.8 Å². The number of aryl methyl sites for hydroxylation is 1. The minimum Gasteiger partial charge on any atom is -0.393 e. The summed E-state index contributed by atoms with van der Waals surface area (Å²) in [5.74, 6) is 0. The van der Waals surface area contributed by atoms with Gasteiger partial charge in [0.1, 0.15) is 5.69 Å². The minimum absolute atomic E-state index is 0.0336. The molecule has 0 fully saturated rings. The molecule has 5 heteroatoms. The molecule has 5 nitrogen and oxygen atoms in total. The Balaban J connectivity index is 3.35. The molecule has 0 heterocycles. The Hall–Kier alpha value is -1.78. The number of nitro benzene ring substituents is 1. The topological polar surface area (TPSA) is 72.4 Å². The number of nitrogens with zero attached hydrogens (tertiary/aromatic N) is 2. The van der Waals surface area contributed by atoms with Gasteiger partial charge in [-0.25, -0.2) is 0 Å². The molecule has 1 rings (SSSR count). The molecule has 0 radical (unpaired) electrons. The van der Waals surface area contributed by atoms with Gasteiger partial charge in [0.15, 0.2) is 0 Å². The lowest BCUT2D eigenvalue weighted by molar-refractivity contribution is -0.383. The van der Waals surface area contributed by atoms with E-state index in [1.165, 1.54) is 6.07 Å². The monoisotopic (exact) mass is 195 g/mol. The van der Waals surface area contributed by atoms with E-state index in [-0.39, 0.29) is 11.4 Å². The van der Waals surface area contributed by atoms with Gasteiger partial charge in [-0.2, -0.15) is 0 Å². The molecule has 0 unspecified atom stereocenters. The van der Waals surface area contributed by atoms with E-state index in [9.17, 15) is 10.1 Å². The summed E-state index contributed by atoms with van der Waals surface area (Å²) in [6.07, 6.45) is 0. The van der Waals surface area contributed by atoms with Gasteiger partial charge in [0.05, 0.1) is 4.92 Å². The van der Waals surface area contributed by atoms with Crippen LogP contribution in [-0.2, 0) is 0 Å². The Labute approximate surface area is 82.3 Å². The third-order valence-corrected chi connectivity index (χ3v) is 2.06. The largest absolute Gasteiger partial charge is 0.393 e. The van der Waals surface area contributed by atoms with Gasteiger partial charge in [-0.05, 0) is 18.6 Å². The molecule has 0 amide bonds. The molecule has 1 aromatic rings. The van der Waals surface area contributed by atoms with E-state index in [1.54, 1.807) is 11.8 Å². The first-order valence-corrected chi connectivity index (χ1v) is 4.15. The highest BCUT2D eigenvalue weighted by atomic mass is 16.6. The second kappa shape index (κ2) is 3.53. The van der Waals surface area contributed by atoms with Gasteiger partial charge in [0.25, 0.3) is 5.69 Å². The van der Waals surface area contributed by atoms with Crippen LogP contribution in [0.1, 0.15) is 5.56 Å². The van der Waals surface area contributed by atoms with Crippen molar-refractivity contribution < 1.29 is 4.92 Å². The first kappa shape index (κ1) is 10.3. The maximum atomic E-state index is 10.7. The molecule has 2 N–H and O–H groups in total. The van der Waals surface area contributed by atoms with E-state index in [4.69, 9.17) is 5.73 Å². The number of nitro groups is 1. The van der Waals surface area contributed by atoms with Crippen LogP contribution in [0.5, 0.6) is 0 Å². The lowest BCUT2D eigenvalue weighted by Gasteiger charge is -2.13.